The highest BCUT2D eigenvalue weighted by atomic mass is 35.5. The molecule has 0 fully saturated rings. The van der Waals surface area contributed by atoms with E-state index in [1.165, 1.54) is 24.3 Å². The van der Waals surface area contributed by atoms with Gasteiger partial charge in [0.05, 0.1) is 0 Å². The first-order valence-electron chi connectivity index (χ1n) is 4.70. The van der Waals surface area contributed by atoms with Crippen molar-refractivity contribution < 1.29 is 13.5 Å². The molecule has 0 aliphatic heterocycles. The second-order valence-electron chi connectivity index (χ2n) is 3.17. The fraction of sp³-hybridized carbons (Fsp3) is 0.0909. The Kier molecular flexibility index (Phi) is 3.49. The van der Waals surface area contributed by atoms with Crippen molar-refractivity contribution in [3.05, 3.63) is 53.1 Å². The summed E-state index contributed by atoms with van der Waals surface area (Å²) in [6.45, 7) is -0.0975. The molecular weight excluding hydrogens is 250 g/mol. The van der Waals surface area contributed by atoms with E-state index in [2.05, 4.69) is 9.97 Å². The SMILES string of the molecule is Fc1ccc(OCc2ncnc(Cl)c2F)cc1. The summed E-state index contributed by atoms with van der Waals surface area (Å²) in [5, 5.41) is -0.252. The van der Waals surface area contributed by atoms with Crippen LogP contribution in [0.2, 0.25) is 5.15 Å². The maximum atomic E-state index is 13.4. The fourth-order valence-electron chi connectivity index (χ4n) is 1.16. The number of aromatic nitrogens is 2. The third-order valence-electron chi connectivity index (χ3n) is 2.01. The molecule has 1 aromatic heterocycles. The maximum Gasteiger partial charge on any atom is 0.185 e. The second-order valence-corrected chi connectivity index (χ2v) is 3.53. The highest BCUT2D eigenvalue weighted by molar-refractivity contribution is 6.29. The van der Waals surface area contributed by atoms with E-state index in [4.69, 9.17) is 16.3 Å². The van der Waals surface area contributed by atoms with Crippen LogP contribution in [0.5, 0.6) is 5.75 Å². The molecule has 2 rings (SSSR count). The highest BCUT2D eigenvalue weighted by Gasteiger charge is 2.09. The first kappa shape index (κ1) is 11.7. The molecule has 1 aromatic carbocycles. The Morgan fingerprint density at radius 2 is 1.82 bits per heavy atom. The zero-order chi connectivity index (χ0) is 12.3. The van der Waals surface area contributed by atoms with Crippen molar-refractivity contribution in [3.63, 3.8) is 0 Å². The zero-order valence-electron chi connectivity index (χ0n) is 8.53. The number of hydrogen-bond donors (Lipinski definition) is 0. The van der Waals surface area contributed by atoms with Crippen molar-refractivity contribution in [2.75, 3.05) is 0 Å². The summed E-state index contributed by atoms with van der Waals surface area (Å²) in [4.78, 5) is 7.18. The Morgan fingerprint density at radius 3 is 2.53 bits per heavy atom. The number of rotatable bonds is 3. The summed E-state index contributed by atoms with van der Waals surface area (Å²) in [7, 11) is 0. The maximum absolute atomic E-state index is 13.4. The summed E-state index contributed by atoms with van der Waals surface area (Å²) < 4.78 is 31.2. The van der Waals surface area contributed by atoms with Crippen LogP contribution in [0.4, 0.5) is 8.78 Å². The smallest absolute Gasteiger partial charge is 0.185 e. The second kappa shape index (κ2) is 5.05. The Bertz CT molecular complexity index is 519. The van der Waals surface area contributed by atoms with E-state index in [0.717, 1.165) is 6.33 Å². The van der Waals surface area contributed by atoms with Crippen LogP contribution in [0.25, 0.3) is 0 Å². The molecule has 0 atom stereocenters. The van der Waals surface area contributed by atoms with Gasteiger partial charge in [-0.2, -0.15) is 0 Å². The lowest BCUT2D eigenvalue weighted by Crippen LogP contribution is -2.03. The Balaban J connectivity index is 2.07. The van der Waals surface area contributed by atoms with Crippen LogP contribution >= 0.6 is 11.6 Å². The lowest BCUT2D eigenvalue weighted by Gasteiger charge is -2.06. The van der Waals surface area contributed by atoms with E-state index >= 15 is 0 Å². The number of benzene rings is 1. The minimum Gasteiger partial charge on any atom is -0.487 e. The molecular formula is C11H7ClF2N2O. The fourth-order valence-corrected chi connectivity index (χ4v) is 1.32. The topological polar surface area (TPSA) is 35.0 Å². The molecule has 17 heavy (non-hydrogen) atoms. The van der Waals surface area contributed by atoms with Crippen molar-refractivity contribution >= 4 is 11.6 Å². The van der Waals surface area contributed by atoms with Gasteiger partial charge in [0.25, 0.3) is 0 Å². The van der Waals surface area contributed by atoms with E-state index in [1.807, 2.05) is 0 Å². The molecule has 0 amide bonds. The van der Waals surface area contributed by atoms with E-state index in [1.54, 1.807) is 0 Å². The van der Waals surface area contributed by atoms with Gasteiger partial charge in [-0.05, 0) is 24.3 Å². The van der Waals surface area contributed by atoms with Crippen LogP contribution in [0.1, 0.15) is 5.69 Å². The van der Waals surface area contributed by atoms with Crippen LogP contribution in [0.15, 0.2) is 30.6 Å². The molecule has 0 radical (unpaired) electrons. The van der Waals surface area contributed by atoms with Crippen molar-refractivity contribution in [1.29, 1.82) is 0 Å². The van der Waals surface area contributed by atoms with Gasteiger partial charge in [-0.25, -0.2) is 18.7 Å². The van der Waals surface area contributed by atoms with Gasteiger partial charge < -0.3 is 4.74 Å². The molecule has 0 N–H and O–H groups in total. The summed E-state index contributed by atoms with van der Waals surface area (Å²) >= 11 is 5.49. The van der Waals surface area contributed by atoms with Crippen molar-refractivity contribution in [3.8, 4) is 5.75 Å². The van der Waals surface area contributed by atoms with Crippen molar-refractivity contribution in [1.82, 2.24) is 9.97 Å². The molecule has 0 saturated heterocycles. The Hall–Kier alpha value is -1.75. The van der Waals surface area contributed by atoms with Crippen LogP contribution < -0.4 is 4.74 Å². The lowest BCUT2D eigenvalue weighted by molar-refractivity contribution is 0.293. The third-order valence-corrected chi connectivity index (χ3v) is 2.27. The monoisotopic (exact) mass is 256 g/mol. The predicted molar refractivity (Wildman–Crippen MR) is 57.7 cm³/mol. The first-order valence-corrected chi connectivity index (χ1v) is 5.08. The number of nitrogens with zero attached hydrogens (tertiary/aromatic N) is 2. The summed E-state index contributed by atoms with van der Waals surface area (Å²) in [6, 6.07) is 5.38. The summed E-state index contributed by atoms with van der Waals surface area (Å²) in [5.74, 6) is -0.662. The molecule has 0 aliphatic rings. The van der Waals surface area contributed by atoms with Gasteiger partial charge in [-0.15, -0.1) is 0 Å². The van der Waals surface area contributed by atoms with Gasteiger partial charge in [0.15, 0.2) is 11.0 Å². The first-order chi connectivity index (χ1) is 8.16. The summed E-state index contributed by atoms with van der Waals surface area (Å²) in [6.07, 6.45) is 1.15. The molecule has 0 bridgehead atoms. The van der Waals surface area contributed by atoms with Crippen LogP contribution in [-0.2, 0) is 6.61 Å². The van der Waals surface area contributed by atoms with Gasteiger partial charge >= 0.3 is 0 Å². The molecule has 0 spiro atoms. The van der Waals surface area contributed by atoms with Crippen LogP contribution in [0, 0.1) is 11.6 Å². The van der Waals surface area contributed by atoms with E-state index < -0.39 is 5.82 Å². The van der Waals surface area contributed by atoms with E-state index in [9.17, 15) is 8.78 Å². The van der Waals surface area contributed by atoms with E-state index in [-0.39, 0.29) is 23.3 Å². The van der Waals surface area contributed by atoms with E-state index in [0.29, 0.717) is 5.75 Å². The third kappa shape index (κ3) is 2.88. The average Bonchev–Trinajstić information content (AvgIpc) is 2.33. The number of ether oxygens (including phenoxy) is 1. The van der Waals surface area contributed by atoms with Gasteiger partial charge in [0, 0.05) is 0 Å². The predicted octanol–water partition coefficient (Wildman–Crippen LogP) is 2.99. The summed E-state index contributed by atoms with van der Waals surface area (Å²) in [5.41, 5.74) is 0.0503. The van der Waals surface area contributed by atoms with Gasteiger partial charge in [-0.1, -0.05) is 11.6 Å². The normalized spacial score (nSPS) is 10.3. The number of halogens is 3. The minimum atomic E-state index is -0.712. The van der Waals surface area contributed by atoms with Gasteiger partial charge in [0.1, 0.15) is 30.2 Å². The van der Waals surface area contributed by atoms with Gasteiger partial charge in [0.2, 0.25) is 0 Å². The molecule has 1 heterocycles. The minimum absolute atomic E-state index is 0.0503. The van der Waals surface area contributed by atoms with Gasteiger partial charge in [-0.3, -0.25) is 0 Å². The molecule has 6 heteroatoms. The zero-order valence-corrected chi connectivity index (χ0v) is 9.29. The van der Waals surface area contributed by atoms with Crippen LogP contribution in [-0.4, -0.2) is 9.97 Å². The average molecular weight is 257 g/mol. The largest absolute Gasteiger partial charge is 0.487 e. The Morgan fingerprint density at radius 1 is 1.12 bits per heavy atom. The highest BCUT2D eigenvalue weighted by Crippen LogP contribution is 2.16. The molecule has 0 saturated carbocycles. The standard InChI is InChI=1S/C11H7ClF2N2O/c12-11-10(14)9(15-6-16-11)5-17-8-3-1-7(13)2-4-8/h1-4,6H,5H2. The molecule has 0 aliphatic carbocycles. The molecule has 2 aromatic rings. The molecule has 0 unspecified atom stereocenters. The van der Waals surface area contributed by atoms with Crippen LogP contribution in [0.3, 0.4) is 0 Å². The van der Waals surface area contributed by atoms with Crippen molar-refractivity contribution in [2.45, 2.75) is 6.61 Å². The molecule has 88 valence electrons. The quantitative estimate of drug-likeness (QED) is 0.792. The Labute approximate surface area is 101 Å². The molecule has 3 nitrogen and oxygen atoms in total. The van der Waals surface area contributed by atoms with Crippen molar-refractivity contribution in [2.24, 2.45) is 0 Å². The lowest BCUT2D eigenvalue weighted by atomic mass is 10.3. The number of hydrogen-bond acceptors (Lipinski definition) is 3.